The van der Waals surface area contributed by atoms with Crippen LogP contribution in [-0.2, 0) is 11.0 Å². The van der Waals surface area contributed by atoms with Crippen LogP contribution in [0.25, 0.3) is 0 Å². The van der Waals surface area contributed by atoms with E-state index in [0.717, 1.165) is 12.3 Å². The van der Waals surface area contributed by atoms with Gasteiger partial charge in [-0.25, -0.2) is 0 Å². The van der Waals surface area contributed by atoms with E-state index >= 15 is 0 Å². The molecule has 0 atom stereocenters. The van der Waals surface area contributed by atoms with Gasteiger partial charge in [-0.2, -0.15) is 13.2 Å². The van der Waals surface area contributed by atoms with Gasteiger partial charge in [0.15, 0.2) is 0 Å². The number of amides is 1. The van der Waals surface area contributed by atoms with Crippen LogP contribution in [0.3, 0.4) is 0 Å². The van der Waals surface area contributed by atoms with Crippen LogP contribution in [0.4, 0.5) is 24.5 Å². The highest BCUT2D eigenvalue weighted by Crippen LogP contribution is 2.30. The Balaban J connectivity index is 2.16. The number of aliphatic carboxylic acids is 1. The van der Waals surface area contributed by atoms with E-state index in [1.54, 1.807) is 6.92 Å². The lowest BCUT2D eigenvalue weighted by atomic mass is 10.1. The van der Waals surface area contributed by atoms with Crippen LogP contribution >= 0.6 is 0 Å². The van der Waals surface area contributed by atoms with Crippen LogP contribution in [0.1, 0.15) is 21.6 Å². The predicted molar refractivity (Wildman–Crippen MR) is 83.7 cm³/mol. The summed E-state index contributed by atoms with van der Waals surface area (Å²) in [6.45, 7) is 1.16. The van der Waals surface area contributed by atoms with Crippen LogP contribution in [0.5, 0.6) is 0 Å². The second kappa shape index (κ2) is 7.20. The van der Waals surface area contributed by atoms with Crippen LogP contribution in [0.15, 0.2) is 36.5 Å². The molecule has 0 spiro atoms. The Morgan fingerprint density at radius 3 is 2.52 bits per heavy atom. The number of carboxylic acids is 1. The van der Waals surface area contributed by atoms with E-state index in [4.69, 9.17) is 5.11 Å². The van der Waals surface area contributed by atoms with Gasteiger partial charge in [-0.1, -0.05) is 0 Å². The monoisotopic (exact) mass is 353 g/mol. The van der Waals surface area contributed by atoms with Crippen LogP contribution in [0.2, 0.25) is 0 Å². The summed E-state index contributed by atoms with van der Waals surface area (Å²) in [6.07, 6.45) is -3.49. The molecule has 0 radical (unpaired) electrons. The van der Waals surface area contributed by atoms with E-state index in [9.17, 15) is 22.8 Å². The molecular weight excluding hydrogens is 339 g/mol. The van der Waals surface area contributed by atoms with Gasteiger partial charge in [0.25, 0.3) is 5.91 Å². The molecule has 0 aliphatic heterocycles. The number of carbonyl (C=O) groups is 2. The van der Waals surface area contributed by atoms with Gasteiger partial charge in [-0.05, 0) is 42.8 Å². The van der Waals surface area contributed by atoms with Crippen molar-refractivity contribution in [2.24, 2.45) is 0 Å². The highest BCUT2D eigenvalue weighted by molar-refractivity contribution is 5.96. The number of carbonyl (C=O) groups excluding carboxylic acids is 1. The second-order valence-electron chi connectivity index (χ2n) is 5.16. The third kappa shape index (κ3) is 4.93. The Morgan fingerprint density at radius 2 is 1.92 bits per heavy atom. The van der Waals surface area contributed by atoms with E-state index < -0.39 is 30.3 Å². The number of halogens is 3. The third-order valence-corrected chi connectivity index (χ3v) is 3.22. The average molecular weight is 353 g/mol. The van der Waals surface area contributed by atoms with Crippen molar-refractivity contribution in [1.29, 1.82) is 0 Å². The molecule has 132 valence electrons. The number of aryl methyl sites for hydroxylation is 1. The normalized spacial score (nSPS) is 11.0. The molecule has 25 heavy (non-hydrogen) atoms. The van der Waals surface area contributed by atoms with E-state index in [2.05, 4.69) is 15.6 Å². The smallest absolute Gasteiger partial charge is 0.433 e. The maximum atomic E-state index is 12.7. The number of benzene rings is 1. The molecule has 6 nitrogen and oxygen atoms in total. The van der Waals surface area contributed by atoms with Crippen molar-refractivity contribution in [3.05, 3.63) is 53.3 Å². The molecule has 0 fully saturated rings. The fourth-order valence-corrected chi connectivity index (χ4v) is 2.02. The molecule has 9 heteroatoms. The minimum absolute atomic E-state index is 0.202. The zero-order valence-corrected chi connectivity index (χ0v) is 13.0. The second-order valence-corrected chi connectivity index (χ2v) is 5.16. The number of pyridine rings is 1. The summed E-state index contributed by atoms with van der Waals surface area (Å²) in [7, 11) is 0. The zero-order valence-electron chi connectivity index (χ0n) is 13.0. The summed E-state index contributed by atoms with van der Waals surface area (Å²) in [5.41, 5.74) is 0.547. The highest BCUT2D eigenvalue weighted by Gasteiger charge is 2.32. The molecule has 0 saturated carbocycles. The SMILES string of the molecule is Cc1cc(C(=O)NCC(=O)O)ccc1Nc1ccnc(C(F)(F)F)c1. The number of rotatable bonds is 5. The molecule has 1 aromatic carbocycles. The van der Waals surface area contributed by atoms with Crippen molar-refractivity contribution >= 4 is 23.3 Å². The van der Waals surface area contributed by atoms with Gasteiger partial charge in [0.05, 0.1) is 0 Å². The first-order valence-electron chi connectivity index (χ1n) is 7.08. The Labute approximate surface area is 140 Å². The highest BCUT2D eigenvalue weighted by atomic mass is 19.4. The summed E-state index contributed by atoms with van der Waals surface area (Å²) in [5.74, 6) is -1.72. The van der Waals surface area contributed by atoms with Gasteiger partial charge in [0.2, 0.25) is 0 Å². The van der Waals surface area contributed by atoms with Crippen molar-refractivity contribution < 1.29 is 27.9 Å². The summed E-state index contributed by atoms with van der Waals surface area (Å²) < 4.78 is 38.0. The van der Waals surface area contributed by atoms with Crippen molar-refractivity contribution in [3.63, 3.8) is 0 Å². The number of carboxylic acid groups (broad SMARTS) is 1. The summed E-state index contributed by atoms with van der Waals surface area (Å²) in [4.78, 5) is 25.5. The molecule has 0 bridgehead atoms. The van der Waals surface area contributed by atoms with E-state index in [-0.39, 0.29) is 11.3 Å². The van der Waals surface area contributed by atoms with Crippen molar-refractivity contribution in [2.75, 3.05) is 11.9 Å². The minimum Gasteiger partial charge on any atom is -0.480 e. The van der Waals surface area contributed by atoms with E-state index in [1.807, 2.05) is 0 Å². The van der Waals surface area contributed by atoms with Crippen LogP contribution < -0.4 is 10.6 Å². The number of nitrogens with zero attached hydrogens (tertiary/aromatic N) is 1. The number of alkyl halides is 3. The summed E-state index contributed by atoms with van der Waals surface area (Å²) >= 11 is 0. The lowest BCUT2D eigenvalue weighted by Gasteiger charge is -2.13. The number of aromatic nitrogens is 1. The molecule has 1 aromatic heterocycles. The molecule has 2 rings (SSSR count). The van der Waals surface area contributed by atoms with E-state index in [0.29, 0.717) is 11.3 Å². The standard InChI is InChI=1S/C16H14F3N3O3/c1-9-6-10(15(25)21-8-14(23)24)2-3-12(9)22-11-4-5-20-13(7-11)16(17,18)19/h2-7H,8H2,1H3,(H,20,22)(H,21,25)(H,23,24). The Hall–Kier alpha value is -3.10. The number of anilines is 2. The maximum Gasteiger partial charge on any atom is 0.433 e. The summed E-state index contributed by atoms with van der Waals surface area (Å²) in [5, 5.41) is 13.6. The fourth-order valence-electron chi connectivity index (χ4n) is 2.02. The molecule has 2 aromatic rings. The van der Waals surface area contributed by atoms with Gasteiger partial charge in [-0.3, -0.25) is 14.6 Å². The number of hydrogen-bond donors (Lipinski definition) is 3. The van der Waals surface area contributed by atoms with Crippen LogP contribution in [0, 0.1) is 6.92 Å². The Morgan fingerprint density at radius 1 is 1.20 bits per heavy atom. The van der Waals surface area contributed by atoms with Gasteiger partial charge < -0.3 is 15.7 Å². The predicted octanol–water partition coefficient (Wildman–Crippen LogP) is 2.97. The van der Waals surface area contributed by atoms with E-state index in [1.165, 1.54) is 24.3 Å². The molecular formula is C16H14F3N3O3. The van der Waals surface area contributed by atoms with Crippen molar-refractivity contribution in [3.8, 4) is 0 Å². The first kappa shape index (κ1) is 18.2. The third-order valence-electron chi connectivity index (χ3n) is 3.22. The molecule has 0 unspecified atom stereocenters. The molecule has 0 aliphatic carbocycles. The Kier molecular flexibility index (Phi) is 5.26. The van der Waals surface area contributed by atoms with Crippen molar-refractivity contribution in [2.45, 2.75) is 13.1 Å². The fraction of sp³-hybridized carbons (Fsp3) is 0.188. The number of hydrogen-bond acceptors (Lipinski definition) is 4. The molecule has 3 N–H and O–H groups in total. The van der Waals surface area contributed by atoms with Gasteiger partial charge in [0.1, 0.15) is 12.2 Å². The molecule has 1 heterocycles. The molecule has 0 saturated heterocycles. The first-order chi connectivity index (χ1) is 11.7. The summed E-state index contributed by atoms with van der Waals surface area (Å²) in [6, 6.07) is 6.75. The van der Waals surface area contributed by atoms with Gasteiger partial charge >= 0.3 is 12.1 Å². The van der Waals surface area contributed by atoms with Crippen molar-refractivity contribution in [1.82, 2.24) is 10.3 Å². The largest absolute Gasteiger partial charge is 0.480 e. The lowest BCUT2D eigenvalue weighted by molar-refractivity contribution is -0.141. The topological polar surface area (TPSA) is 91.3 Å². The quantitative estimate of drug-likeness (QED) is 0.769. The minimum atomic E-state index is -4.54. The Bertz CT molecular complexity index is 807. The lowest BCUT2D eigenvalue weighted by Crippen LogP contribution is -2.29. The van der Waals surface area contributed by atoms with Gasteiger partial charge in [0, 0.05) is 23.1 Å². The first-order valence-corrected chi connectivity index (χ1v) is 7.08. The number of nitrogens with one attached hydrogen (secondary N) is 2. The molecule has 1 amide bonds. The van der Waals surface area contributed by atoms with Gasteiger partial charge in [-0.15, -0.1) is 0 Å². The molecule has 0 aliphatic rings. The van der Waals surface area contributed by atoms with Crippen LogP contribution in [-0.4, -0.2) is 28.5 Å². The average Bonchev–Trinajstić information content (AvgIpc) is 2.54. The maximum absolute atomic E-state index is 12.7. The zero-order chi connectivity index (χ0) is 18.6.